The van der Waals surface area contributed by atoms with Crippen LogP contribution in [0.4, 0.5) is 0 Å². The van der Waals surface area contributed by atoms with Gasteiger partial charge in [0.15, 0.2) is 0 Å². The van der Waals surface area contributed by atoms with E-state index in [9.17, 15) is 14.7 Å². The Morgan fingerprint density at radius 2 is 1.93 bits per heavy atom. The second-order valence-corrected chi connectivity index (χ2v) is 8.79. The molecule has 2 amide bonds. The van der Waals surface area contributed by atoms with E-state index in [0.29, 0.717) is 32.5 Å². The maximum Gasteiger partial charge on any atom is 0.244 e. The summed E-state index contributed by atoms with van der Waals surface area (Å²) in [5, 5.41) is 18.6. The molecular weight excluding hydrogens is 370 g/mol. The van der Waals surface area contributed by atoms with E-state index in [0.717, 1.165) is 43.7 Å². The van der Waals surface area contributed by atoms with Gasteiger partial charge in [0, 0.05) is 51.4 Å². The summed E-state index contributed by atoms with van der Waals surface area (Å²) in [6, 6.07) is 2.22. The molecule has 2 aliphatic heterocycles. The quantitative estimate of drug-likeness (QED) is 0.758. The van der Waals surface area contributed by atoms with E-state index < -0.39 is 5.60 Å². The normalized spacial score (nSPS) is 24.3. The number of hydrogen-bond donors (Lipinski definition) is 2. The Morgan fingerprint density at radius 1 is 1.21 bits per heavy atom. The van der Waals surface area contributed by atoms with E-state index in [1.807, 2.05) is 24.8 Å². The molecule has 8 heteroatoms. The number of carbonyl (C=O) groups excluding carboxylic acids is 2. The number of β-amino-alcohol motifs (C(OH)–C–C–N with tert-alkyl or cyclic N) is 1. The van der Waals surface area contributed by atoms with Gasteiger partial charge in [-0.3, -0.25) is 14.3 Å². The molecule has 1 atom stereocenters. The minimum Gasteiger partial charge on any atom is -0.388 e. The molecule has 2 aliphatic rings. The molecule has 162 valence electrons. The van der Waals surface area contributed by atoms with E-state index in [4.69, 9.17) is 0 Å². The van der Waals surface area contributed by atoms with Gasteiger partial charge in [0.1, 0.15) is 6.54 Å². The van der Waals surface area contributed by atoms with Gasteiger partial charge in [0.2, 0.25) is 11.8 Å². The van der Waals surface area contributed by atoms with Crippen LogP contribution in [0.15, 0.2) is 6.07 Å². The molecular formula is C21H35N5O3. The molecule has 29 heavy (non-hydrogen) atoms. The molecule has 3 heterocycles. The van der Waals surface area contributed by atoms with Crippen LogP contribution in [-0.2, 0) is 16.1 Å². The van der Waals surface area contributed by atoms with Crippen LogP contribution in [0.3, 0.4) is 0 Å². The van der Waals surface area contributed by atoms with Crippen LogP contribution in [0.5, 0.6) is 0 Å². The van der Waals surface area contributed by atoms with Gasteiger partial charge in [0.25, 0.3) is 0 Å². The summed E-state index contributed by atoms with van der Waals surface area (Å²) in [5.41, 5.74) is 1.15. The topological polar surface area (TPSA) is 90.7 Å². The van der Waals surface area contributed by atoms with Gasteiger partial charge in [-0.1, -0.05) is 0 Å². The van der Waals surface area contributed by atoms with E-state index in [-0.39, 0.29) is 24.4 Å². The summed E-state index contributed by atoms with van der Waals surface area (Å²) < 4.78 is 1.76. The zero-order chi connectivity index (χ0) is 21.0. The smallest absolute Gasteiger partial charge is 0.244 e. The Kier molecular flexibility index (Phi) is 6.95. The molecule has 0 aromatic carbocycles. The number of rotatable bonds is 5. The first-order chi connectivity index (χ1) is 13.7. The number of likely N-dealkylation sites (tertiary alicyclic amines) is 2. The summed E-state index contributed by atoms with van der Waals surface area (Å²) in [6.45, 7) is 9.38. The van der Waals surface area contributed by atoms with Crippen molar-refractivity contribution in [2.24, 2.45) is 0 Å². The van der Waals surface area contributed by atoms with Crippen LogP contribution < -0.4 is 5.32 Å². The molecule has 1 aromatic rings. The number of hydrogen-bond acceptors (Lipinski definition) is 5. The number of aryl methyl sites for hydroxylation is 2. The molecule has 1 aromatic heterocycles. The van der Waals surface area contributed by atoms with Gasteiger partial charge in [-0.25, -0.2) is 0 Å². The van der Waals surface area contributed by atoms with E-state index in [2.05, 4.69) is 15.3 Å². The van der Waals surface area contributed by atoms with Gasteiger partial charge in [-0.15, -0.1) is 0 Å². The second-order valence-electron chi connectivity index (χ2n) is 8.79. The average Bonchev–Trinajstić information content (AvgIpc) is 2.84. The summed E-state index contributed by atoms with van der Waals surface area (Å²) >= 11 is 0. The molecule has 2 fully saturated rings. The summed E-state index contributed by atoms with van der Waals surface area (Å²) in [4.78, 5) is 28.1. The largest absolute Gasteiger partial charge is 0.388 e. The molecule has 3 rings (SSSR count). The number of aliphatic hydroxyl groups is 1. The Balaban J connectivity index is 1.49. The predicted octanol–water partition coefficient (Wildman–Crippen LogP) is 0.844. The predicted molar refractivity (Wildman–Crippen MR) is 110 cm³/mol. The Labute approximate surface area is 173 Å². The van der Waals surface area contributed by atoms with Crippen molar-refractivity contribution in [2.45, 2.75) is 71.1 Å². The fraction of sp³-hybridized carbons (Fsp3) is 0.762. The molecule has 0 aliphatic carbocycles. The number of amides is 2. The molecule has 0 unspecified atom stereocenters. The Morgan fingerprint density at radius 3 is 2.55 bits per heavy atom. The van der Waals surface area contributed by atoms with E-state index in [1.165, 1.54) is 0 Å². The van der Waals surface area contributed by atoms with Crippen LogP contribution >= 0.6 is 0 Å². The lowest BCUT2D eigenvalue weighted by molar-refractivity contribution is -0.132. The number of nitrogens with zero attached hydrogens (tertiary/aromatic N) is 4. The molecule has 0 bridgehead atoms. The monoisotopic (exact) mass is 405 g/mol. The third kappa shape index (κ3) is 6.02. The van der Waals surface area contributed by atoms with Gasteiger partial charge in [-0.05, 0) is 52.0 Å². The van der Waals surface area contributed by atoms with Crippen LogP contribution in [-0.4, -0.2) is 80.9 Å². The van der Waals surface area contributed by atoms with Crippen molar-refractivity contribution in [2.75, 3.05) is 32.7 Å². The highest BCUT2D eigenvalue weighted by Crippen LogP contribution is 2.25. The van der Waals surface area contributed by atoms with Crippen molar-refractivity contribution in [1.82, 2.24) is 24.9 Å². The first kappa shape index (κ1) is 21.8. The summed E-state index contributed by atoms with van der Waals surface area (Å²) in [6.07, 6.45) is 3.96. The third-order valence-electron chi connectivity index (χ3n) is 6.17. The SMILES string of the molecule is CC(=O)NC1CCN(C[C@]2(O)CCCN(C(=O)Cn3nc(C)cc3C)CC2)CC1. The van der Waals surface area contributed by atoms with E-state index >= 15 is 0 Å². The minimum absolute atomic E-state index is 0.0241. The van der Waals surface area contributed by atoms with Crippen molar-refractivity contribution in [3.8, 4) is 0 Å². The maximum absolute atomic E-state index is 12.7. The van der Waals surface area contributed by atoms with Crippen molar-refractivity contribution in [1.29, 1.82) is 0 Å². The number of nitrogens with one attached hydrogen (secondary N) is 1. The number of piperidine rings is 1. The summed E-state index contributed by atoms with van der Waals surface area (Å²) in [5.74, 6) is 0.0904. The molecule has 8 nitrogen and oxygen atoms in total. The first-order valence-electron chi connectivity index (χ1n) is 10.7. The third-order valence-corrected chi connectivity index (χ3v) is 6.17. The van der Waals surface area contributed by atoms with Crippen molar-refractivity contribution in [3.05, 3.63) is 17.5 Å². The van der Waals surface area contributed by atoms with E-state index in [1.54, 1.807) is 11.6 Å². The fourth-order valence-corrected chi connectivity index (χ4v) is 4.59. The van der Waals surface area contributed by atoms with Crippen molar-refractivity contribution >= 4 is 11.8 Å². The molecule has 0 spiro atoms. The average molecular weight is 406 g/mol. The number of aromatic nitrogens is 2. The van der Waals surface area contributed by atoms with Crippen LogP contribution in [0, 0.1) is 13.8 Å². The van der Waals surface area contributed by atoms with Crippen LogP contribution in [0.1, 0.15) is 50.4 Å². The zero-order valence-electron chi connectivity index (χ0n) is 18.0. The first-order valence-corrected chi connectivity index (χ1v) is 10.7. The van der Waals surface area contributed by atoms with Crippen molar-refractivity contribution < 1.29 is 14.7 Å². The Bertz CT molecular complexity index is 726. The van der Waals surface area contributed by atoms with Gasteiger partial charge in [-0.2, -0.15) is 5.10 Å². The molecule has 2 N–H and O–H groups in total. The lowest BCUT2D eigenvalue weighted by Crippen LogP contribution is -2.50. The summed E-state index contributed by atoms with van der Waals surface area (Å²) in [7, 11) is 0. The maximum atomic E-state index is 12.7. The van der Waals surface area contributed by atoms with Gasteiger partial charge >= 0.3 is 0 Å². The van der Waals surface area contributed by atoms with Crippen LogP contribution in [0.2, 0.25) is 0 Å². The standard InChI is InChI=1S/C21H35N5O3/c1-16-13-17(2)26(23-16)14-20(28)25-9-4-7-21(29,8-12-25)15-24-10-5-19(6-11-24)22-18(3)27/h13,19,29H,4-12,14-15H2,1-3H3,(H,22,27)/t21-/m0/s1. The second kappa shape index (κ2) is 9.26. The Hall–Kier alpha value is -1.93. The molecule has 0 saturated carbocycles. The highest BCUT2D eigenvalue weighted by molar-refractivity contribution is 5.76. The molecule has 0 radical (unpaired) electrons. The number of carbonyl (C=O) groups is 2. The highest BCUT2D eigenvalue weighted by Gasteiger charge is 2.34. The fourth-order valence-electron chi connectivity index (χ4n) is 4.59. The minimum atomic E-state index is -0.756. The van der Waals surface area contributed by atoms with Crippen molar-refractivity contribution in [3.63, 3.8) is 0 Å². The van der Waals surface area contributed by atoms with Gasteiger partial charge in [0.05, 0.1) is 11.3 Å². The highest BCUT2D eigenvalue weighted by atomic mass is 16.3. The van der Waals surface area contributed by atoms with Crippen LogP contribution in [0.25, 0.3) is 0 Å². The molecule has 2 saturated heterocycles. The lowest BCUT2D eigenvalue weighted by Gasteiger charge is -2.38. The van der Waals surface area contributed by atoms with Gasteiger partial charge < -0.3 is 20.2 Å². The lowest BCUT2D eigenvalue weighted by atomic mass is 9.93. The zero-order valence-corrected chi connectivity index (χ0v) is 18.0.